The highest BCUT2D eigenvalue weighted by molar-refractivity contribution is 5.84. The zero-order valence-corrected chi connectivity index (χ0v) is 17.1. The van der Waals surface area contributed by atoms with E-state index in [-0.39, 0.29) is 10.9 Å². The maximum absolute atomic E-state index is 14.9. The second-order valence-electron chi connectivity index (χ2n) is 7.61. The Morgan fingerprint density at radius 3 is 2.38 bits per heavy atom. The summed E-state index contributed by atoms with van der Waals surface area (Å²) in [6.45, 7) is 3.60. The zero-order chi connectivity index (χ0) is 23.0. The van der Waals surface area contributed by atoms with Crippen LogP contribution in [0.15, 0.2) is 47.4 Å². The topological polar surface area (TPSA) is 58.3 Å². The van der Waals surface area contributed by atoms with E-state index in [1.165, 1.54) is 18.3 Å². The van der Waals surface area contributed by atoms with Gasteiger partial charge in [0.05, 0.1) is 41.4 Å². The van der Waals surface area contributed by atoms with Gasteiger partial charge in [0, 0.05) is 19.3 Å². The summed E-state index contributed by atoms with van der Waals surface area (Å²) < 4.78 is 60.6. The maximum Gasteiger partial charge on any atom is 0.416 e. The first-order valence-corrected chi connectivity index (χ1v) is 9.99. The standard InChI is InChI=1S/C23H19F4N3O2/c1-14(15-2-4-17(5-3-15)23(25,26)27)30-13-16(12-28)22(31)18-10-19(24)21(11-20(18)30)29-6-8-32-9-7-29/h2-5,10-11,13-14H,6-9H2,1H3. The molecule has 32 heavy (non-hydrogen) atoms. The Labute approximate surface area is 181 Å². The van der Waals surface area contributed by atoms with Gasteiger partial charge < -0.3 is 14.2 Å². The van der Waals surface area contributed by atoms with Gasteiger partial charge >= 0.3 is 6.18 Å². The fourth-order valence-electron chi connectivity index (χ4n) is 3.92. The molecule has 1 aliphatic heterocycles. The Kier molecular flexibility index (Phi) is 5.65. The zero-order valence-electron chi connectivity index (χ0n) is 17.1. The van der Waals surface area contributed by atoms with E-state index in [2.05, 4.69) is 0 Å². The molecule has 1 fully saturated rings. The van der Waals surface area contributed by atoms with Crippen molar-refractivity contribution in [2.45, 2.75) is 19.1 Å². The lowest BCUT2D eigenvalue weighted by Crippen LogP contribution is -2.36. The molecule has 1 atom stereocenters. The lowest BCUT2D eigenvalue weighted by molar-refractivity contribution is -0.137. The molecule has 0 bridgehead atoms. The van der Waals surface area contributed by atoms with Crippen molar-refractivity contribution in [2.24, 2.45) is 0 Å². The minimum absolute atomic E-state index is 0.0392. The molecule has 0 spiro atoms. The van der Waals surface area contributed by atoms with Crippen LogP contribution in [-0.2, 0) is 10.9 Å². The first-order valence-electron chi connectivity index (χ1n) is 9.99. The van der Waals surface area contributed by atoms with Crippen LogP contribution in [0.25, 0.3) is 10.9 Å². The molecule has 0 aliphatic carbocycles. The molecule has 166 valence electrons. The number of hydrogen-bond acceptors (Lipinski definition) is 4. The van der Waals surface area contributed by atoms with Gasteiger partial charge in [-0.2, -0.15) is 18.4 Å². The number of anilines is 1. The fourth-order valence-corrected chi connectivity index (χ4v) is 3.92. The Balaban J connectivity index is 1.88. The molecule has 1 unspecified atom stereocenters. The maximum atomic E-state index is 14.9. The minimum atomic E-state index is -4.45. The van der Waals surface area contributed by atoms with Gasteiger partial charge in [0.1, 0.15) is 17.4 Å². The summed E-state index contributed by atoms with van der Waals surface area (Å²) in [4.78, 5) is 14.5. The van der Waals surface area contributed by atoms with Crippen molar-refractivity contribution < 1.29 is 22.3 Å². The molecule has 0 N–H and O–H groups in total. The van der Waals surface area contributed by atoms with E-state index >= 15 is 0 Å². The Bertz CT molecular complexity index is 1250. The predicted molar refractivity (Wildman–Crippen MR) is 111 cm³/mol. The van der Waals surface area contributed by atoms with Gasteiger partial charge in [-0.05, 0) is 36.8 Å². The molecule has 1 saturated heterocycles. The van der Waals surface area contributed by atoms with Gasteiger partial charge in [-0.1, -0.05) is 12.1 Å². The average molecular weight is 445 g/mol. The van der Waals surface area contributed by atoms with E-state index in [4.69, 9.17) is 4.74 Å². The second-order valence-corrected chi connectivity index (χ2v) is 7.61. The van der Waals surface area contributed by atoms with Crippen LogP contribution in [0, 0.1) is 17.1 Å². The van der Waals surface area contributed by atoms with Gasteiger partial charge in [-0.3, -0.25) is 4.79 Å². The van der Waals surface area contributed by atoms with Crippen LogP contribution >= 0.6 is 0 Å². The van der Waals surface area contributed by atoms with E-state index in [1.54, 1.807) is 17.6 Å². The van der Waals surface area contributed by atoms with Crippen molar-refractivity contribution in [1.82, 2.24) is 4.57 Å². The second kappa shape index (κ2) is 8.28. The molecule has 1 aliphatic rings. The van der Waals surface area contributed by atoms with E-state index in [0.29, 0.717) is 43.1 Å². The van der Waals surface area contributed by atoms with E-state index in [9.17, 15) is 27.6 Å². The summed E-state index contributed by atoms with van der Waals surface area (Å²) in [6.07, 6.45) is -3.08. The van der Waals surface area contributed by atoms with E-state index in [0.717, 1.165) is 18.2 Å². The third-order valence-corrected chi connectivity index (χ3v) is 5.71. The van der Waals surface area contributed by atoms with Crippen LogP contribution in [-0.4, -0.2) is 30.9 Å². The molecule has 9 heteroatoms. The van der Waals surface area contributed by atoms with Crippen LogP contribution < -0.4 is 10.3 Å². The number of morpholine rings is 1. The van der Waals surface area contributed by atoms with Gasteiger partial charge in [-0.25, -0.2) is 4.39 Å². The van der Waals surface area contributed by atoms with Crippen molar-refractivity contribution in [1.29, 1.82) is 5.26 Å². The molecular weight excluding hydrogens is 426 g/mol. The number of fused-ring (bicyclic) bond motifs is 1. The van der Waals surface area contributed by atoms with Gasteiger partial charge in [0.2, 0.25) is 5.43 Å². The molecule has 2 aromatic carbocycles. The van der Waals surface area contributed by atoms with Crippen LogP contribution in [0.3, 0.4) is 0 Å². The van der Waals surface area contributed by atoms with Gasteiger partial charge in [0.15, 0.2) is 0 Å². The number of halogens is 4. The summed E-state index contributed by atoms with van der Waals surface area (Å²) >= 11 is 0. The van der Waals surface area contributed by atoms with Crippen molar-refractivity contribution in [3.63, 3.8) is 0 Å². The molecule has 2 heterocycles. The number of benzene rings is 2. The molecular formula is C23H19F4N3O2. The summed E-state index contributed by atoms with van der Waals surface area (Å²) in [7, 11) is 0. The molecule has 0 radical (unpaired) electrons. The number of hydrogen-bond donors (Lipinski definition) is 0. The lowest BCUT2D eigenvalue weighted by atomic mass is 10.0. The number of nitrogens with zero attached hydrogens (tertiary/aromatic N) is 3. The first-order chi connectivity index (χ1) is 15.2. The number of pyridine rings is 1. The number of nitriles is 1. The van der Waals surface area contributed by atoms with Crippen LogP contribution in [0.2, 0.25) is 0 Å². The predicted octanol–water partition coefficient (Wildman–Crippen LogP) is 4.48. The molecule has 3 aromatic rings. The average Bonchev–Trinajstić information content (AvgIpc) is 2.79. The number of alkyl halides is 3. The summed E-state index contributed by atoms with van der Waals surface area (Å²) in [5.41, 5.74) is -0.292. The highest BCUT2D eigenvalue weighted by Gasteiger charge is 2.30. The Morgan fingerprint density at radius 2 is 1.78 bits per heavy atom. The minimum Gasteiger partial charge on any atom is -0.378 e. The number of rotatable bonds is 3. The van der Waals surface area contributed by atoms with E-state index in [1.807, 2.05) is 11.0 Å². The van der Waals surface area contributed by atoms with Gasteiger partial charge in [0.25, 0.3) is 0 Å². The summed E-state index contributed by atoms with van der Waals surface area (Å²) in [6, 6.07) is 8.68. The Hall–Kier alpha value is -3.38. The van der Waals surface area contributed by atoms with Crippen molar-refractivity contribution in [3.8, 4) is 6.07 Å². The monoisotopic (exact) mass is 445 g/mol. The first kappa shape index (κ1) is 21.8. The summed E-state index contributed by atoms with van der Waals surface area (Å²) in [5.74, 6) is -0.583. The lowest BCUT2D eigenvalue weighted by Gasteiger charge is -2.30. The number of ether oxygens (including phenoxy) is 1. The molecule has 5 nitrogen and oxygen atoms in total. The summed E-state index contributed by atoms with van der Waals surface area (Å²) in [5, 5.41) is 9.44. The van der Waals surface area contributed by atoms with Crippen LogP contribution in [0.4, 0.5) is 23.2 Å². The molecule has 4 rings (SSSR count). The van der Waals surface area contributed by atoms with Crippen molar-refractivity contribution in [2.75, 3.05) is 31.2 Å². The Morgan fingerprint density at radius 1 is 1.12 bits per heavy atom. The molecule has 0 amide bonds. The molecule has 0 saturated carbocycles. The van der Waals surface area contributed by atoms with Crippen molar-refractivity contribution >= 4 is 16.6 Å². The molecule has 1 aromatic heterocycles. The highest BCUT2D eigenvalue weighted by atomic mass is 19.4. The van der Waals surface area contributed by atoms with Crippen molar-refractivity contribution in [3.05, 3.63) is 75.3 Å². The third-order valence-electron chi connectivity index (χ3n) is 5.71. The van der Waals surface area contributed by atoms with Crippen LogP contribution in [0.5, 0.6) is 0 Å². The van der Waals surface area contributed by atoms with E-state index < -0.39 is 29.0 Å². The largest absolute Gasteiger partial charge is 0.416 e. The van der Waals surface area contributed by atoms with Crippen LogP contribution in [0.1, 0.15) is 29.7 Å². The van der Waals surface area contributed by atoms with Gasteiger partial charge in [-0.15, -0.1) is 0 Å². The smallest absolute Gasteiger partial charge is 0.378 e. The highest BCUT2D eigenvalue weighted by Crippen LogP contribution is 2.32. The quantitative estimate of drug-likeness (QED) is 0.558. The number of aromatic nitrogens is 1. The SMILES string of the molecule is CC(c1ccc(C(F)(F)F)cc1)n1cc(C#N)c(=O)c2cc(F)c(N3CCOCC3)cc21. The normalized spacial score (nSPS) is 15.6. The third kappa shape index (κ3) is 3.94. The fraction of sp³-hybridized carbons (Fsp3) is 0.304.